The minimum absolute atomic E-state index is 0.245. The number of hydrogen-bond donors (Lipinski definition) is 1. The van der Waals surface area contributed by atoms with Crippen LogP contribution in [0.1, 0.15) is 0 Å². The Labute approximate surface area is 109 Å². The highest BCUT2D eigenvalue weighted by molar-refractivity contribution is 7.89. The average molecular weight is 281 g/mol. The predicted octanol–water partition coefficient (Wildman–Crippen LogP) is 0.897. The number of ether oxygens (including phenoxy) is 1. The number of para-hydroxylation sites is 1. The van der Waals surface area contributed by atoms with Crippen LogP contribution in [0.5, 0.6) is 5.75 Å². The fraction of sp³-hybridized carbons (Fsp3) is 0.0909. The van der Waals surface area contributed by atoms with Crippen molar-refractivity contribution in [3.05, 3.63) is 42.7 Å². The lowest BCUT2D eigenvalue weighted by molar-refractivity contribution is 0.206. The number of amides is 1. The van der Waals surface area contributed by atoms with E-state index in [1.54, 1.807) is 22.9 Å². The maximum absolute atomic E-state index is 11.8. The standard InChI is InChI=1S/C11H11N3O4S/c1-14-8-7-12-10(14)19(16,17)13-11(15)18-9-5-3-2-4-6-9/h2-8H,1H3,(H,13,15). The summed E-state index contributed by atoms with van der Waals surface area (Å²) in [4.78, 5) is 15.1. The van der Waals surface area contributed by atoms with Gasteiger partial charge in [-0.25, -0.2) is 14.5 Å². The molecule has 1 aromatic heterocycles. The zero-order valence-electron chi connectivity index (χ0n) is 9.98. The van der Waals surface area contributed by atoms with E-state index >= 15 is 0 Å². The van der Waals surface area contributed by atoms with Gasteiger partial charge in [0, 0.05) is 19.4 Å². The Balaban J connectivity index is 2.09. The fourth-order valence-corrected chi connectivity index (χ4v) is 2.37. The third kappa shape index (κ3) is 3.10. The second-order valence-electron chi connectivity index (χ2n) is 3.63. The molecule has 0 spiro atoms. The number of benzene rings is 1. The van der Waals surface area contributed by atoms with E-state index < -0.39 is 16.1 Å². The maximum Gasteiger partial charge on any atom is 0.426 e. The Hall–Kier alpha value is -2.35. The number of carbonyl (C=O) groups is 1. The summed E-state index contributed by atoms with van der Waals surface area (Å²) in [7, 11) is -2.54. The van der Waals surface area contributed by atoms with Crippen molar-refractivity contribution in [3.63, 3.8) is 0 Å². The van der Waals surface area contributed by atoms with Crippen molar-refractivity contribution in [3.8, 4) is 5.75 Å². The van der Waals surface area contributed by atoms with Crippen LogP contribution in [-0.4, -0.2) is 24.1 Å². The van der Waals surface area contributed by atoms with Crippen LogP contribution in [0.25, 0.3) is 0 Å². The van der Waals surface area contributed by atoms with Crippen LogP contribution in [0.2, 0.25) is 0 Å². The van der Waals surface area contributed by atoms with E-state index in [4.69, 9.17) is 4.74 Å². The van der Waals surface area contributed by atoms with E-state index in [9.17, 15) is 13.2 Å². The summed E-state index contributed by atoms with van der Waals surface area (Å²) < 4.78 is 31.5. The van der Waals surface area contributed by atoms with Gasteiger partial charge >= 0.3 is 16.1 Å². The largest absolute Gasteiger partial charge is 0.426 e. The van der Waals surface area contributed by atoms with Crippen LogP contribution >= 0.6 is 0 Å². The molecule has 0 atom stereocenters. The highest BCUT2D eigenvalue weighted by atomic mass is 32.2. The van der Waals surface area contributed by atoms with E-state index in [1.165, 1.54) is 36.1 Å². The molecule has 19 heavy (non-hydrogen) atoms. The number of imidazole rings is 1. The molecule has 2 aromatic rings. The summed E-state index contributed by atoms with van der Waals surface area (Å²) in [6.45, 7) is 0. The first-order valence-electron chi connectivity index (χ1n) is 5.26. The van der Waals surface area contributed by atoms with Crippen molar-refractivity contribution in [1.82, 2.24) is 14.3 Å². The molecule has 0 aliphatic carbocycles. The topological polar surface area (TPSA) is 90.3 Å². The molecule has 1 N–H and O–H groups in total. The molecule has 100 valence electrons. The maximum atomic E-state index is 11.8. The quantitative estimate of drug-likeness (QED) is 0.902. The predicted molar refractivity (Wildman–Crippen MR) is 66.0 cm³/mol. The van der Waals surface area contributed by atoms with Crippen molar-refractivity contribution in [2.24, 2.45) is 7.05 Å². The van der Waals surface area contributed by atoms with Gasteiger partial charge in [-0.1, -0.05) is 18.2 Å². The molecule has 8 heteroatoms. The smallest absolute Gasteiger partial charge is 0.410 e. The van der Waals surface area contributed by atoms with Crippen molar-refractivity contribution in [2.45, 2.75) is 5.16 Å². The summed E-state index contributed by atoms with van der Waals surface area (Å²) in [5.41, 5.74) is 0. The second kappa shape index (κ2) is 5.11. The highest BCUT2D eigenvalue weighted by Gasteiger charge is 2.22. The number of hydrogen-bond acceptors (Lipinski definition) is 5. The van der Waals surface area contributed by atoms with Gasteiger partial charge in [-0.2, -0.15) is 8.42 Å². The van der Waals surface area contributed by atoms with E-state index in [0.717, 1.165) is 0 Å². The first-order valence-corrected chi connectivity index (χ1v) is 6.74. The molecule has 0 saturated carbocycles. The lowest BCUT2D eigenvalue weighted by Gasteiger charge is -2.07. The molecule has 1 heterocycles. The van der Waals surface area contributed by atoms with Crippen LogP contribution in [0.4, 0.5) is 4.79 Å². The molecule has 0 saturated heterocycles. The number of sulfonamides is 1. The number of aryl methyl sites for hydroxylation is 1. The molecule has 1 aromatic carbocycles. The Morgan fingerprint density at radius 1 is 1.32 bits per heavy atom. The number of rotatable bonds is 3. The van der Waals surface area contributed by atoms with Gasteiger partial charge < -0.3 is 9.30 Å². The fourth-order valence-electron chi connectivity index (χ4n) is 1.38. The molecule has 0 fully saturated rings. The van der Waals surface area contributed by atoms with E-state index in [-0.39, 0.29) is 10.9 Å². The average Bonchev–Trinajstić information content (AvgIpc) is 2.76. The normalized spacial score (nSPS) is 11.0. The SMILES string of the molecule is Cn1ccnc1S(=O)(=O)NC(=O)Oc1ccccc1. The van der Waals surface area contributed by atoms with Gasteiger partial charge in [0.1, 0.15) is 5.75 Å². The Kier molecular flexibility index (Phi) is 3.52. The van der Waals surface area contributed by atoms with Crippen molar-refractivity contribution in [2.75, 3.05) is 0 Å². The summed E-state index contributed by atoms with van der Waals surface area (Å²) in [6, 6.07) is 8.14. The van der Waals surface area contributed by atoms with Gasteiger partial charge in [-0.05, 0) is 12.1 Å². The molecular formula is C11H11N3O4S. The van der Waals surface area contributed by atoms with Gasteiger partial charge in [0.05, 0.1) is 0 Å². The summed E-state index contributed by atoms with van der Waals surface area (Å²) >= 11 is 0. The van der Waals surface area contributed by atoms with Crippen LogP contribution < -0.4 is 9.46 Å². The molecule has 0 bridgehead atoms. The third-order valence-corrected chi connectivity index (χ3v) is 3.50. The Morgan fingerprint density at radius 3 is 2.58 bits per heavy atom. The number of nitrogens with one attached hydrogen (secondary N) is 1. The van der Waals surface area contributed by atoms with Crippen molar-refractivity contribution >= 4 is 16.1 Å². The van der Waals surface area contributed by atoms with Crippen LogP contribution in [0.3, 0.4) is 0 Å². The van der Waals surface area contributed by atoms with Gasteiger partial charge in [0.2, 0.25) is 5.16 Å². The first-order chi connectivity index (χ1) is 8.99. The van der Waals surface area contributed by atoms with E-state index in [1.807, 2.05) is 0 Å². The molecular weight excluding hydrogens is 270 g/mol. The molecule has 2 rings (SSSR count). The van der Waals surface area contributed by atoms with E-state index in [2.05, 4.69) is 4.98 Å². The van der Waals surface area contributed by atoms with Crippen molar-refractivity contribution in [1.29, 1.82) is 0 Å². The lowest BCUT2D eigenvalue weighted by Crippen LogP contribution is -2.34. The summed E-state index contributed by atoms with van der Waals surface area (Å²) in [5.74, 6) is 0.245. The molecule has 0 aliphatic heterocycles. The lowest BCUT2D eigenvalue weighted by atomic mass is 10.3. The van der Waals surface area contributed by atoms with Crippen LogP contribution in [0.15, 0.2) is 47.9 Å². The minimum atomic E-state index is -4.04. The summed E-state index contributed by atoms with van der Waals surface area (Å²) in [6.07, 6.45) is 1.68. The highest BCUT2D eigenvalue weighted by Crippen LogP contribution is 2.09. The Morgan fingerprint density at radius 2 is 2.00 bits per heavy atom. The van der Waals surface area contributed by atoms with Gasteiger partial charge in [-0.15, -0.1) is 0 Å². The van der Waals surface area contributed by atoms with Gasteiger partial charge in [0.25, 0.3) is 0 Å². The summed E-state index contributed by atoms with van der Waals surface area (Å²) in [5, 5.41) is -0.266. The number of carbonyl (C=O) groups excluding carboxylic acids is 1. The van der Waals surface area contributed by atoms with Gasteiger partial charge in [0.15, 0.2) is 0 Å². The zero-order chi connectivity index (χ0) is 13.9. The molecule has 0 unspecified atom stereocenters. The van der Waals surface area contributed by atoms with E-state index in [0.29, 0.717) is 0 Å². The van der Waals surface area contributed by atoms with Crippen LogP contribution in [-0.2, 0) is 17.1 Å². The molecule has 1 amide bonds. The van der Waals surface area contributed by atoms with Crippen LogP contribution in [0, 0.1) is 0 Å². The molecule has 7 nitrogen and oxygen atoms in total. The second-order valence-corrected chi connectivity index (χ2v) is 5.20. The Bertz CT molecular complexity index is 679. The number of nitrogens with zero attached hydrogens (tertiary/aromatic N) is 2. The monoisotopic (exact) mass is 281 g/mol. The van der Waals surface area contributed by atoms with Gasteiger partial charge in [-0.3, -0.25) is 0 Å². The third-order valence-electron chi connectivity index (χ3n) is 2.19. The minimum Gasteiger partial charge on any atom is -0.410 e. The molecule has 0 aliphatic rings. The first kappa shape index (κ1) is 13.1. The van der Waals surface area contributed by atoms with Crippen molar-refractivity contribution < 1.29 is 17.9 Å². The molecule has 0 radical (unpaired) electrons. The number of aromatic nitrogens is 2. The zero-order valence-corrected chi connectivity index (χ0v) is 10.8.